The van der Waals surface area contributed by atoms with Crippen LogP contribution in [0.15, 0.2) is 59.4 Å². The molecule has 118 valence electrons. The molecule has 6 heteroatoms. The van der Waals surface area contributed by atoms with Crippen LogP contribution >= 0.6 is 12.4 Å². The Hall–Kier alpha value is -2.79. The predicted molar refractivity (Wildman–Crippen MR) is 93.3 cm³/mol. The standard InChI is InChI=1S/C17H14N2O3.ClH/c1-19(11-6-3-2-4-7-11)14-9-5-8-12-15(20)10-13(17(21)22)18-16(12)14;/h2-10H,1H3,(H,18,20)(H,21,22);1H. The quantitative estimate of drug-likeness (QED) is 0.771. The lowest BCUT2D eigenvalue weighted by atomic mass is 10.1. The van der Waals surface area contributed by atoms with Crippen molar-refractivity contribution in [3.05, 3.63) is 70.5 Å². The lowest BCUT2D eigenvalue weighted by molar-refractivity contribution is 0.0691. The van der Waals surface area contributed by atoms with Gasteiger partial charge in [-0.2, -0.15) is 0 Å². The largest absolute Gasteiger partial charge is 0.477 e. The van der Waals surface area contributed by atoms with E-state index in [-0.39, 0.29) is 23.5 Å². The number of nitrogens with zero attached hydrogens (tertiary/aromatic N) is 1. The summed E-state index contributed by atoms with van der Waals surface area (Å²) in [6.07, 6.45) is 0. The van der Waals surface area contributed by atoms with E-state index < -0.39 is 5.97 Å². The number of H-pyrrole nitrogens is 1. The first-order chi connectivity index (χ1) is 10.6. The van der Waals surface area contributed by atoms with Crippen LogP contribution in [0.25, 0.3) is 10.9 Å². The number of benzene rings is 2. The van der Waals surface area contributed by atoms with E-state index in [1.807, 2.05) is 48.3 Å². The van der Waals surface area contributed by atoms with Gasteiger partial charge >= 0.3 is 5.97 Å². The number of anilines is 2. The number of fused-ring (bicyclic) bond motifs is 1. The number of carboxylic acid groups (broad SMARTS) is 1. The van der Waals surface area contributed by atoms with Crippen molar-refractivity contribution in [2.24, 2.45) is 0 Å². The third kappa shape index (κ3) is 3.05. The zero-order chi connectivity index (χ0) is 15.7. The van der Waals surface area contributed by atoms with Gasteiger partial charge in [0, 0.05) is 24.2 Å². The Bertz CT molecular complexity index is 907. The van der Waals surface area contributed by atoms with Gasteiger partial charge in [0.1, 0.15) is 5.69 Å². The number of nitrogens with one attached hydrogen (secondary N) is 1. The SMILES string of the molecule is CN(c1ccccc1)c1cccc2c(=O)cc(C(=O)O)[nH]c12.Cl. The summed E-state index contributed by atoms with van der Waals surface area (Å²) in [5, 5.41) is 9.59. The fourth-order valence-electron chi connectivity index (χ4n) is 2.44. The van der Waals surface area contributed by atoms with Gasteiger partial charge in [-0.05, 0) is 24.3 Å². The molecule has 0 radical (unpaired) electrons. The first kappa shape index (κ1) is 16.6. The minimum atomic E-state index is -1.16. The van der Waals surface area contributed by atoms with Crippen molar-refractivity contribution in [3.63, 3.8) is 0 Å². The summed E-state index contributed by atoms with van der Waals surface area (Å²) in [5.74, 6) is -1.16. The van der Waals surface area contributed by atoms with Crippen LogP contribution in [-0.2, 0) is 0 Å². The number of carbonyl (C=O) groups is 1. The fourth-order valence-corrected chi connectivity index (χ4v) is 2.44. The maximum absolute atomic E-state index is 12.1. The number of carboxylic acids is 1. The van der Waals surface area contributed by atoms with Crippen molar-refractivity contribution in [1.82, 2.24) is 4.98 Å². The van der Waals surface area contributed by atoms with E-state index in [1.54, 1.807) is 12.1 Å². The van der Waals surface area contributed by atoms with Crippen LogP contribution in [0.2, 0.25) is 0 Å². The molecule has 2 aromatic carbocycles. The van der Waals surface area contributed by atoms with Crippen LogP contribution in [0, 0.1) is 0 Å². The van der Waals surface area contributed by atoms with Crippen LogP contribution in [0.3, 0.4) is 0 Å². The molecule has 3 aromatic rings. The second kappa shape index (κ2) is 6.54. The Morgan fingerprint density at radius 2 is 1.78 bits per heavy atom. The summed E-state index contributed by atoms with van der Waals surface area (Å²) in [6.45, 7) is 0. The summed E-state index contributed by atoms with van der Waals surface area (Å²) in [6, 6.07) is 16.1. The fraction of sp³-hybridized carbons (Fsp3) is 0.0588. The molecule has 0 atom stereocenters. The van der Waals surface area contributed by atoms with E-state index in [0.717, 1.165) is 17.4 Å². The third-order valence-corrected chi connectivity index (χ3v) is 3.58. The monoisotopic (exact) mass is 330 g/mol. The molecule has 2 N–H and O–H groups in total. The molecular weight excluding hydrogens is 316 g/mol. The Labute approximate surface area is 138 Å². The van der Waals surface area contributed by atoms with Gasteiger partial charge in [-0.3, -0.25) is 4.79 Å². The van der Waals surface area contributed by atoms with Crippen LogP contribution in [0.5, 0.6) is 0 Å². The molecule has 23 heavy (non-hydrogen) atoms. The molecule has 1 aromatic heterocycles. The normalized spacial score (nSPS) is 10.1. The topological polar surface area (TPSA) is 73.4 Å². The van der Waals surface area contributed by atoms with Crippen LogP contribution in [0.1, 0.15) is 10.5 Å². The number of aromatic nitrogens is 1. The van der Waals surface area contributed by atoms with Gasteiger partial charge in [0.2, 0.25) is 0 Å². The molecule has 0 saturated heterocycles. The van der Waals surface area contributed by atoms with E-state index in [4.69, 9.17) is 5.11 Å². The van der Waals surface area contributed by atoms with E-state index in [2.05, 4.69) is 4.98 Å². The first-order valence-electron chi connectivity index (χ1n) is 6.76. The third-order valence-electron chi connectivity index (χ3n) is 3.58. The van der Waals surface area contributed by atoms with E-state index in [1.165, 1.54) is 0 Å². The van der Waals surface area contributed by atoms with Gasteiger partial charge < -0.3 is 15.0 Å². The summed E-state index contributed by atoms with van der Waals surface area (Å²) in [4.78, 5) is 28.0. The van der Waals surface area contributed by atoms with Gasteiger partial charge in [0.05, 0.1) is 11.2 Å². The van der Waals surface area contributed by atoms with Gasteiger partial charge in [0.25, 0.3) is 0 Å². The lowest BCUT2D eigenvalue weighted by Crippen LogP contribution is -2.14. The number of aromatic carboxylic acids is 1. The lowest BCUT2D eigenvalue weighted by Gasteiger charge is -2.21. The van der Waals surface area contributed by atoms with Crippen molar-refractivity contribution < 1.29 is 9.90 Å². The number of hydrogen-bond donors (Lipinski definition) is 2. The molecule has 0 saturated carbocycles. The maximum Gasteiger partial charge on any atom is 0.352 e. The zero-order valence-electron chi connectivity index (χ0n) is 12.3. The number of halogens is 1. The molecule has 0 unspecified atom stereocenters. The minimum Gasteiger partial charge on any atom is -0.477 e. The highest BCUT2D eigenvalue weighted by atomic mass is 35.5. The number of hydrogen-bond acceptors (Lipinski definition) is 3. The minimum absolute atomic E-state index is 0. The van der Waals surface area contributed by atoms with Crippen molar-refractivity contribution in [2.45, 2.75) is 0 Å². The number of rotatable bonds is 3. The Morgan fingerprint density at radius 3 is 2.43 bits per heavy atom. The molecule has 0 bridgehead atoms. The molecule has 0 aliphatic heterocycles. The molecule has 3 rings (SSSR count). The second-order valence-corrected chi connectivity index (χ2v) is 4.95. The average Bonchev–Trinajstić information content (AvgIpc) is 2.54. The molecular formula is C17H15ClN2O3. The highest BCUT2D eigenvalue weighted by Crippen LogP contribution is 2.28. The number of para-hydroxylation sites is 2. The molecule has 0 aliphatic rings. The highest BCUT2D eigenvalue weighted by Gasteiger charge is 2.13. The van der Waals surface area contributed by atoms with Gasteiger partial charge in [-0.1, -0.05) is 24.3 Å². The highest BCUT2D eigenvalue weighted by molar-refractivity contribution is 5.96. The van der Waals surface area contributed by atoms with Gasteiger partial charge in [-0.25, -0.2) is 4.79 Å². The summed E-state index contributed by atoms with van der Waals surface area (Å²) < 4.78 is 0. The number of pyridine rings is 1. The smallest absolute Gasteiger partial charge is 0.352 e. The molecule has 0 spiro atoms. The maximum atomic E-state index is 12.1. The van der Waals surface area contributed by atoms with Gasteiger partial charge in [0.15, 0.2) is 5.43 Å². The second-order valence-electron chi connectivity index (χ2n) is 4.95. The Balaban J connectivity index is 0.00000192. The average molecular weight is 331 g/mol. The zero-order valence-corrected chi connectivity index (χ0v) is 13.1. The van der Waals surface area contributed by atoms with Crippen LogP contribution in [-0.4, -0.2) is 23.1 Å². The van der Waals surface area contributed by atoms with E-state index >= 15 is 0 Å². The van der Waals surface area contributed by atoms with E-state index in [9.17, 15) is 9.59 Å². The molecule has 0 fully saturated rings. The van der Waals surface area contributed by atoms with Crippen molar-refractivity contribution in [2.75, 3.05) is 11.9 Å². The number of aromatic amines is 1. The molecule has 0 aliphatic carbocycles. The van der Waals surface area contributed by atoms with Crippen molar-refractivity contribution >= 4 is 40.7 Å². The Morgan fingerprint density at radius 1 is 1.09 bits per heavy atom. The summed E-state index contributed by atoms with van der Waals surface area (Å²) in [7, 11) is 1.87. The Kier molecular flexibility index (Phi) is 4.71. The predicted octanol–water partition coefficient (Wildman–Crippen LogP) is 3.42. The molecule has 5 nitrogen and oxygen atoms in total. The van der Waals surface area contributed by atoms with E-state index in [0.29, 0.717) is 10.9 Å². The van der Waals surface area contributed by atoms with Crippen LogP contribution in [0.4, 0.5) is 11.4 Å². The van der Waals surface area contributed by atoms with Crippen molar-refractivity contribution in [1.29, 1.82) is 0 Å². The van der Waals surface area contributed by atoms with Crippen LogP contribution < -0.4 is 10.3 Å². The molecule has 1 heterocycles. The molecule has 0 amide bonds. The summed E-state index contributed by atoms with van der Waals surface area (Å²) in [5.41, 5.74) is 1.76. The first-order valence-corrected chi connectivity index (χ1v) is 6.76. The van der Waals surface area contributed by atoms with Crippen molar-refractivity contribution in [3.8, 4) is 0 Å². The summed E-state index contributed by atoms with van der Waals surface area (Å²) >= 11 is 0. The van der Waals surface area contributed by atoms with Gasteiger partial charge in [-0.15, -0.1) is 12.4 Å².